The highest BCUT2D eigenvalue weighted by Crippen LogP contribution is 2.44. The first-order chi connectivity index (χ1) is 27.2. The largest absolute Gasteiger partial charge is 0.381 e. The maximum Gasteiger partial charge on any atom is 0.0626 e. The molecule has 55 heavy (non-hydrogen) atoms. The number of fused-ring (bicyclic) bond motifs is 10. The Morgan fingerprint density at radius 3 is 1.98 bits per heavy atom. The number of nitrogens with one attached hydrogen (secondary N) is 1. The van der Waals surface area contributed by atoms with Gasteiger partial charge in [0.1, 0.15) is 0 Å². The van der Waals surface area contributed by atoms with Crippen LogP contribution in [0.1, 0.15) is 22.7 Å². The van der Waals surface area contributed by atoms with Crippen LogP contribution in [0.4, 0.5) is 0 Å². The molecule has 3 N–H and O–H groups in total. The number of hydrogen-bond acceptors (Lipinski definition) is 2. The van der Waals surface area contributed by atoms with Gasteiger partial charge in [-0.15, -0.1) is 0 Å². The summed E-state index contributed by atoms with van der Waals surface area (Å²) >= 11 is 0. The fraction of sp³-hybridized carbons (Fsp3) is 0.0385. The van der Waals surface area contributed by atoms with Crippen molar-refractivity contribution in [1.82, 2.24) is 9.88 Å². The van der Waals surface area contributed by atoms with Gasteiger partial charge in [0.15, 0.2) is 0 Å². The molecule has 0 radical (unpaired) electrons. The number of hydrogen-bond donors (Lipinski definition) is 2. The molecule has 3 nitrogen and oxygen atoms in total. The number of benzene rings is 9. The zero-order valence-electron chi connectivity index (χ0n) is 30.4. The zero-order valence-corrected chi connectivity index (χ0v) is 30.4. The highest BCUT2D eigenvalue weighted by molar-refractivity contribution is 6.36. The molecule has 0 saturated carbocycles. The second kappa shape index (κ2) is 13.8. The minimum absolute atomic E-state index is 0.318. The lowest BCUT2D eigenvalue weighted by atomic mass is 9.93. The quantitative estimate of drug-likeness (QED) is 0.155. The molecule has 10 aromatic rings. The lowest BCUT2D eigenvalue weighted by Gasteiger charge is -2.17. The van der Waals surface area contributed by atoms with Gasteiger partial charge < -0.3 is 15.6 Å². The van der Waals surface area contributed by atoms with Gasteiger partial charge in [-0.3, -0.25) is 0 Å². The summed E-state index contributed by atoms with van der Waals surface area (Å²) in [6.07, 6.45) is 2.15. The fourth-order valence-corrected chi connectivity index (χ4v) is 8.39. The van der Waals surface area contributed by atoms with E-state index in [2.05, 4.69) is 204 Å². The van der Waals surface area contributed by atoms with Gasteiger partial charge in [-0.25, -0.2) is 0 Å². The van der Waals surface area contributed by atoms with Crippen LogP contribution < -0.4 is 11.1 Å². The number of nitrogens with zero attached hydrogens (tertiary/aromatic N) is 1. The number of nitrogens with two attached hydrogens (primary N) is 1. The Morgan fingerprint density at radius 2 is 1.18 bits per heavy atom. The highest BCUT2D eigenvalue weighted by Gasteiger charge is 2.20. The Morgan fingerprint density at radius 1 is 0.527 bits per heavy atom. The first-order valence-electron chi connectivity index (χ1n) is 19.0. The van der Waals surface area contributed by atoms with E-state index in [4.69, 9.17) is 5.73 Å². The Labute approximate surface area is 320 Å². The molecule has 0 saturated heterocycles. The molecule has 0 spiro atoms. The summed E-state index contributed by atoms with van der Waals surface area (Å²) in [7, 11) is 0. The maximum absolute atomic E-state index is 7.02. The smallest absolute Gasteiger partial charge is 0.0626 e. The summed E-state index contributed by atoms with van der Waals surface area (Å²) in [6.45, 7) is 0.679. The van der Waals surface area contributed by atoms with Crippen LogP contribution >= 0.6 is 0 Å². The van der Waals surface area contributed by atoms with Crippen molar-refractivity contribution in [2.75, 3.05) is 0 Å². The molecule has 10 rings (SSSR count). The molecule has 1 atom stereocenters. The summed E-state index contributed by atoms with van der Waals surface area (Å²) in [4.78, 5) is 0. The van der Waals surface area contributed by atoms with Gasteiger partial charge in [0.25, 0.3) is 0 Å². The van der Waals surface area contributed by atoms with E-state index < -0.39 is 0 Å². The molecule has 0 bridgehead atoms. The van der Waals surface area contributed by atoms with E-state index >= 15 is 0 Å². The minimum atomic E-state index is -0.318. The van der Waals surface area contributed by atoms with Crippen molar-refractivity contribution < 1.29 is 0 Å². The molecule has 9 aromatic carbocycles. The van der Waals surface area contributed by atoms with Crippen LogP contribution in [0.3, 0.4) is 0 Å². The topological polar surface area (TPSA) is 43.0 Å². The van der Waals surface area contributed by atoms with E-state index in [0.29, 0.717) is 6.54 Å². The van der Waals surface area contributed by atoms with Crippen molar-refractivity contribution in [1.29, 1.82) is 0 Å². The van der Waals surface area contributed by atoms with E-state index in [-0.39, 0.29) is 6.04 Å². The minimum Gasteiger partial charge on any atom is -0.381 e. The lowest BCUT2D eigenvalue weighted by Crippen LogP contribution is -2.16. The molecule has 0 amide bonds. The number of rotatable bonds is 8. The predicted molar refractivity (Wildman–Crippen MR) is 233 cm³/mol. The van der Waals surface area contributed by atoms with Crippen molar-refractivity contribution in [3.63, 3.8) is 0 Å². The normalized spacial score (nSPS) is 12.6. The molecule has 1 heterocycles. The third-order valence-electron chi connectivity index (χ3n) is 11.0. The van der Waals surface area contributed by atoms with Gasteiger partial charge in [0, 0.05) is 39.5 Å². The van der Waals surface area contributed by atoms with Crippen LogP contribution in [-0.2, 0) is 6.54 Å². The highest BCUT2D eigenvalue weighted by atomic mass is 15.0. The Bertz CT molecular complexity index is 3030. The zero-order chi connectivity index (χ0) is 36.7. The van der Waals surface area contributed by atoms with Crippen molar-refractivity contribution in [2.45, 2.75) is 12.6 Å². The van der Waals surface area contributed by atoms with Gasteiger partial charge in [-0.05, 0) is 79.7 Å². The SMILES string of the molecule is NC(C=C(NCc1cccc(-c2ccccc2)c1)c1ccccc1)c1ccc(-n2c3ccccc3c3c4c5ccccc5ccc4c4ccccc4c32)cc1. The summed E-state index contributed by atoms with van der Waals surface area (Å²) in [6, 6.07) is 69.2. The molecule has 0 aliphatic heterocycles. The average molecular weight is 706 g/mol. The van der Waals surface area contributed by atoms with Crippen LogP contribution in [-0.4, -0.2) is 4.57 Å². The number of aromatic nitrogens is 1. The third kappa shape index (κ3) is 5.83. The fourth-order valence-electron chi connectivity index (χ4n) is 8.39. The molecule has 0 aliphatic rings. The van der Waals surface area contributed by atoms with Crippen LogP contribution in [0.2, 0.25) is 0 Å². The third-order valence-corrected chi connectivity index (χ3v) is 11.0. The Balaban J connectivity index is 1.05. The van der Waals surface area contributed by atoms with E-state index in [1.54, 1.807) is 0 Å². The van der Waals surface area contributed by atoms with Crippen LogP contribution in [0.15, 0.2) is 200 Å². The van der Waals surface area contributed by atoms with Crippen LogP contribution in [0.5, 0.6) is 0 Å². The molecule has 0 fully saturated rings. The van der Waals surface area contributed by atoms with Gasteiger partial charge in [-0.2, -0.15) is 0 Å². The van der Waals surface area contributed by atoms with Crippen molar-refractivity contribution in [3.8, 4) is 16.8 Å². The molecule has 1 aromatic heterocycles. The number of para-hydroxylation sites is 1. The van der Waals surface area contributed by atoms with E-state index in [1.165, 1.54) is 70.8 Å². The van der Waals surface area contributed by atoms with Gasteiger partial charge >= 0.3 is 0 Å². The first kappa shape index (κ1) is 32.7. The first-order valence-corrected chi connectivity index (χ1v) is 19.0. The van der Waals surface area contributed by atoms with Crippen LogP contribution in [0.25, 0.3) is 76.6 Å². The standard InChI is InChI=1S/C52H39N3/c53-47(33-48(39-18-5-2-6-19-39)54-34-35-14-13-20-40(32-35)36-15-3-1-4-16-36)38-26-29-41(30-27-38)55-49-25-12-11-24-46(49)51-50-42-21-8-7-17-37(42)28-31-44(50)43-22-9-10-23-45(43)52(51)55/h1-33,47,54H,34,53H2. The summed E-state index contributed by atoms with van der Waals surface area (Å²) in [5, 5.41) is 13.9. The molecular formula is C52H39N3. The Kier molecular flexibility index (Phi) is 8.20. The maximum atomic E-state index is 7.02. The molecule has 262 valence electrons. The van der Waals surface area contributed by atoms with Crippen molar-refractivity contribution >= 4 is 59.8 Å². The van der Waals surface area contributed by atoms with Gasteiger partial charge in [-0.1, -0.05) is 170 Å². The second-order valence-corrected chi connectivity index (χ2v) is 14.3. The lowest BCUT2D eigenvalue weighted by molar-refractivity contribution is 0.857. The molecular weight excluding hydrogens is 667 g/mol. The molecule has 0 aliphatic carbocycles. The van der Waals surface area contributed by atoms with E-state index in [0.717, 1.165) is 22.5 Å². The Hall–Kier alpha value is -6.94. The van der Waals surface area contributed by atoms with E-state index in [1.807, 2.05) is 6.07 Å². The summed E-state index contributed by atoms with van der Waals surface area (Å²) in [5.74, 6) is 0. The van der Waals surface area contributed by atoms with Gasteiger partial charge in [0.2, 0.25) is 0 Å². The molecule has 3 heteroatoms. The van der Waals surface area contributed by atoms with E-state index in [9.17, 15) is 0 Å². The van der Waals surface area contributed by atoms with Crippen molar-refractivity contribution in [2.24, 2.45) is 5.73 Å². The predicted octanol–water partition coefficient (Wildman–Crippen LogP) is 12.7. The second-order valence-electron chi connectivity index (χ2n) is 14.3. The average Bonchev–Trinajstić information content (AvgIpc) is 3.61. The van der Waals surface area contributed by atoms with Gasteiger partial charge in [0.05, 0.1) is 17.1 Å². The van der Waals surface area contributed by atoms with Crippen molar-refractivity contribution in [3.05, 3.63) is 217 Å². The van der Waals surface area contributed by atoms with Crippen LogP contribution in [0, 0.1) is 0 Å². The summed E-state index contributed by atoms with van der Waals surface area (Å²) < 4.78 is 2.44. The monoisotopic (exact) mass is 705 g/mol. The molecule has 1 unspecified atom stereocenters. The summed E-state index contributed by atoms with van der Waals surface area (Å²) in [5.41, 5.74) is 17.3.